The molecule has 0 saturated carbocycles. The molecule has 0 spiro atoms. The van der Waals surface area contributed by atoms with Crippen molar-refractivity contribution in [3.8, 4) is 5.75 Å². The smallest absolute Gasteiger partial charge is 0.310 e. The zero-order valence-electron chi connectivity index (χ0n) is 9.62. The van der Waals surface area contributed by atoms with Gasteiger partial charge in [0.05, 0.1) is 13.0 Å². The number of hydrogen-bond donors (Lipinski definition) is 1. The number of carboxylic acid groups (broad SMARTS) is 1. The second kappa shape index (κ2) is 4.16. The quantitative estimate of drug-likeness (QED) is 0.850. The fraction of sp³-hybridized carbons (Fsp3) is 0.462. The maximum absolute atomic E-state index is 11.0. The van der Waals surface area contributed by atoms with E-state index in [9.17, 15) is 4.79 Å². The highest BCUT2D eigenvalue weighted by molar-refractivity contribution is 5.77. The van der Waals surface area contributed by atoms with Crippen molar-refractivity contribution in [1.29, 1.82) is 0 Å². The van der Waals surface area contributed by atoms with Gasteiger partial charge in [0.25, 0.3) is 0 Å². The van der Waals surface area contributed by atoms with Gasteiger partial charge in [0.15, 0.2) is 0 Å². The Morgan fingerprint density at radius 2 is 2.00 bits per heavy atom. The van der Waals surface area contributed by atoms with Crippen LogP contribution in [0.1, 0.15) is 36.0 Å². The Labute approximate surface area is 95.0 Å². The molecule has 16 heavy (non-hydrogen) atoms. The van der Waals surface area contributed by atoms with E-state index in [-0.39, 0.29) is 0 Å². The van der Waals surface area contributed by atoms with Crippen LogP contribution in [0.4, 0.5) is 0 Å². The van der Waals surface area contributed by atoms with Crippen LogP contribution in [-0.4, -0.2) is 18.2 Å². The van der Waals surface area contributed by atoms with Gasteiger partial charge < -0.3 is 9.84 Å². The number of methoxy groups -OCH3 is 1. The summed E-state index contributed by atoms with van der Waals surface area (Å²) in [5.74, 6) is -0.618. The van der Waals surface area contributed by atoms with Gasteiger partial charge in [-0.1, -0.05) is 6.07 Å². The number of aryl methyl sites for hydroxylation is 2. The Morgan fingerprint density at radius 1 is 1.38 bits per heavy atom. The van der Waals surface area contributed by atoms with E-state index in [1.165, 1.54) is 11.1 Å². The topological polar surface area (TPSA) is 46.5 Å². The minimum Gasteiger partial charge on any atom is -0.496 e. The average Bonchev–Trinajstić information content (AvgIpc) is 2.72. The number of benzene rings is 1. The Balaban J connectivity index is 2.47. The zero-order valence-corrected chi connectivity index (χ0v) is 9.62. The van der Waals surface area contributed by atoms with Crippen LogP contribution in [0, 0.1) is 0 Å². The predicted molar refractivity (Wildman–Crippen MR) is 61.1 cm³/mol. The lowest BCUT2D eigenvalue weighted by molar-refractivity contribution is -0.138. The SMILES string of the molecule is COc1cc2c(cc1C(C)C(=O)O)CCC2. The Bertz CT molecular complexity index is 423. The summed E-state index contributed by atoms with van der Waals surface area (Å²) >= 11 is 0. The second-order valence-electron chi connectivity index (χ2n) is 4.28. The van der Waals surface area contributed by atoms with Crippen molar-refractivity contribution in [2.24, 2.45) is 0 Å². The molecule has 1 N–H and O–H groups in total. The summed E-state index contributed by atoms with van der Waals surface area (Å²) in [5, 5.41) is 9.05. The summed E-state index contributed by atoms with van der Waals surface area (Å²) in [7, 11) is 1.59. The molecule has 0 bridgehead atoms. The van der Waals surface area contributed by atoms with E-state index in [1.807, 2.05) is 12.1 Å². The first-order valence-electron chi connectivity index (χ1n) is 5.56. The number of ether oxygens (including phenoxy) is 1. The third kappa shape index (κ3) is 1.77. The summed E-state index contributed by atoms with van der Waals surface area (Å²) in [5.41, 5.74) is 3.37. The van der Waals surface area contributed by atoms with Gasteiger partial charge in [-0.25, -0.2) is 0 Å². The van der Waals surface area contributed by atoms with Crippen LogP contribution in [0.15, 0.2) is 12.1 Å². The maximum Gasteiger partial charge on any atom is 0.310 e. The van der Waals surface area contributed by atoms with Gasteiger partial charge in [-0.15, -0.1) is 0 Å². The largest absolute Gasteiger partial charge is 0.496 e. The van der Waals surface area contributed by atoms with Crippen LogP contribution in [0.3, 0.4) is 0 Å². The van der Waals surface area contributed by atoms with Crippen LogP contribution >= 0.6 is 0 Å². The van der Waals surface area contributed by atoms with Crippen molar-refractivity contribution in [3.63, 3.8) is 0 Å². The zero-order chi connectivity index (χ0) is 11.7. The Morgan fingerprint density at radius 3 is 2.56 bits per heavy atom. The molecule has 0 radical (unpaired) electrons. The van der Waals surface area contributed by atoms with Crippen LogP contribution < -0.4 is 4.74 Å². The summed E-state index contributed by atoms with van der Waals surface area (Å²) in [6, 6.07) is 4.00. The van der Waals surface area contributed by atoms with E-state index in [0.717, 1.165) is 24.8 Å². The second-order valence-corrected chi connectivity index (χ2v) is 4.28. The number of aliphatic carboxylic acids is 1. The molecule has 1 unspecified atom stereocenters. The molecule has 1 atom stereocenters. The van der Waals surface area contributed by atoms with Crippen molar-refractivity contribution in [1.82, 2.24) is 0 Å². The number of fused-ring (bicyclic) bond motifs is 1. The highest BCUT2D eigenvalue weighted by atomic mass is 16.5. The lowest BCUT2D eigenvalue weighted by Crippen LogP contribution is -2.09. The van der Waals surface area contributed by atoms with Gasteiger partial charge >= 0.3 is 5.97 Å². The first kappa shape index (κ1) is 11.0. The predicted octanol–water partition coefficient (Wildman–Crippen LogP) is 2.37. The highest BCUT2D eigenvalue weighted by Gasteiger charge is 2.22. The normalized spacial score (nSPS) is 15.6. The fourth-order valence-corrected chi connectivity index (χ4v) is 2.27. The molecule has 0 heterocycles. The molecule has 0 aliphatic heterocycles. The van der Waals surface area contributed by atoms with Crippen molar-refractivity contribution < 1.29 is 14.6 Å². The number of carbonyl (C=O) groups is 1. The van der Waals surface area contributed by atoms with Crippen molar-refractivity contribution in [3.05, 3.63) is 28.8 Å². The van der Waals surface area contributed by atoms with E-state index in [1.54, 1.807) is 14.0 Å². The first-order chi connectivity index (χ1) is 7.63. The van der Waals surface area contributed by atoms with Gasteiger partial charge in [0.1, 0.15) is 5.75 Å². The monoisotopic (exact) mass is 220 g/mol. The number of rotatable bonds is 3. The molecular weight excluding hydrogens is 204 g/mol. The summed E-state index contributed by atoms with van der Waals surface area (Å²) in [6.45, 7) is 1.70. The molecule has 1 aromatic carbocycles. The summed E-state index contributed by atoms with van der Waals surface area (Å²) in [6.07, 6.45) is 3.29. The summed E-state index contributed by atoms with van der Waals surface area (Å²) < 4.78 is 5.28. The molecular formula is C13H16O3. The molecule has 1 aliphatic carbocycles. The van der Waals surface area contributed by atoms with Crippen LogP contribution in [0.25, 0.3) is 0 Å². The minimum atomic E-state index is -0.809. The van der Waals surface area contributed by atoms with E-state index in [2.05, 4.69) is 0 Å². The van der Waals surface area contributed by atoms with Crippen molar-refractivity contribution in [2.45, 2.75) is 32.1 Å². The highest BCUT2D eigenvalue weighted by Crippen LogP contribution is 2.33. The average molecular weight is 220 g/mol. The number of hydrogen-bond acceptors (Lipinski definition) is 2. The molecule has 1 aromatic rings. The van der Waals surface area contributed by atoms with Crippen molar-refractivity contribution >= 4 is 5.97 Å². The molecule has 1 aliphatic rings. The van der Waals surface area contributed by atoms with Gasteiger partial charge in [0.2, 0.25) is 0 Å². The van der Waals surface area contributed by atoms with Gasteiger partial charge in [-0.2, -0.15) is 0 Å². The van der Waals surface area contributed by atoms with E-state index < -0.39 is 11.9 Å². The van der Waals surface area contributed by atoms with Crippen LogP contribution in [0.2, 0.25) is 0 Å². The maximum atomic E-state index is 11.0. The third-order valence-electron chi connectivity index (χ3n) is 3.28. The standard InChI is InChI=1S/C13H16O3/c1-8(13(14)15)11-6-9-4-3-5-10(9)7-12(11)16-2/h6-8H,3-5H2,1-2H3,(H,14,15). The third-order valence-corrected chi connectivity index (χ3v) is 3.28. The number of carboxylic acids is 1. The van der Waals surface area contributed by atoms with Crippen LogP contribution in [0.5, 0.6) is 5.75 Å². The molecule has 0 fully saturated rings. The van der Waals surface area contributed by atoms with Crippen LogP contribution in [-0.2, 0) is 17.6 Å². The van der Waals surface area contributed by atoms with Gasteiger partial charge in [-0.3, -0.25) is 4.79 Å². The van der Waals surface area contributed by atoms with E-state index in [0.29, 0.717) is 5.75 Å². The Hall–Kier alpha value is -1.51. The first-order valence-corrected chi connectivity index (χ1v) is 5.56. The van der Waals surface area contributed by atoms with Crippen molar-refractivity contribution in [2.75, 3.05) is 7.11 Å². The molecule has 3 nitrogen and oxygen atoms in total. The molecule has 0 amide bonds. The van der Waals surface area contributed by atoms with Gasteiger partial charge in [0, 0.05) is 5.56 Å². The molecule has 0 saturated heterocycles. The molecule has 3 heteroatoms. The Kier molecular flexibility index (Phi) is 2.86. The molecule has 2 rings (SSSR count). The van der Waals surface area contributed by atoms with Gasteiger partial charge in [-0.05, 0) is 43.4 Å². The molecule has 0 aromatic heterocycles. The van der Waals surface area contributed by atoms with E-state index in [4.69, 9.17) is 9.84 Å². The molecule has 86 valence electrons. The fourth-order valence-electron chi connectivity index (χ4n) is 2.27. The minimum absolute atomic E-state index is 0.513. The van der Waals surface area contributed by atoms with E-state index >= 15 is 0 Å². The lowest BCUT2D eigenvalue weighted by atomic mass is 9.96. The summed E-state index contributed by atoms with van der Waals surface area (Å²) in [4.78, 5) is 11.0. The lowest BCUT2D eigenvalue weighted by Gasteiger charge is -2.14.